The second-order valence-corrected chi connectivity index (χ2v) is 5.25. The Bertz CT molecular complexity index is 799. The molecule has 0 radical (unpaired) electrons. The average molecular weight is 315 g/mol. The van der Waals surface area contributed by atoms with E-state index in [1.807, 2.05) is 36.5 Å². The van der Waals surface area contributed by atoms with Crippen LogP contribution in [0.1, 0.15) is 11.1 Å². The second kappa shape index (κ2) is 6.49. The normalized spacial score (nSPS) is 10.6. The molecule has 0 unspecified atom stereocenters. The van der Waals surface area contributed by atoms with E-state index in [1.165, 1.54) is 0 Å². The van der Waals surface area contributed by atoms with Gasteiger partial charge in [-0.25, -0.2) is 9.78 Å². The third-order valence-electron chi connectivity index (χ3n) is 3.37. The molecule has 2 heterocycles. The molecule has 0 atom stereocenters. The van der Waals surface area contributed by atoms with Crippen molar-refractivity contribution in [2.75, 3.05) is 0 Å². The van der Waals surface area contributed by atoms with Gasteiger partial charge in [-0.3, -0.25) is 0 Å². The number of aromatic amines is 1. The number of benzene rings is 1. The molecule has 112 valence electrons. The lowest BCUT2D eigenvalue weighted by molar-refractivity contribution is 0.240. The number of aromatic nitrogens is 2. The van der Waals surface area contributed by atoms with Gasteiger partial charge in [0.2, 0.25) is 0 Å². The van der Waals surface area contributed by atoms with E-state index in [0.29, 0.717) is 18.1 Å². The SMILES string of the molecule is O=C(NCc1ccccc1Cl)NCc1c[nH]c2ncccc12. The molecular weight excluding hydrogens is 300 g/mol. The number of pyridine rings is 1. The molecule has 0 saturated heterocycles. The van der Waals surface area contributed by atoms with Gasteiger partial charge in [0.1, 0.15) is 5.65 Å². The molecule has 3 N–H and O–H groups in total. The number of halogens is 1. The Balaban J connectivity index is 1.55. The lowest BCUT2D eigenvalue weighted by atomic mass is 10.2. The maximum atomic E-state index is 11.9. The Morgan fingerprint density at radius 1 is 1.09 bits per heavy atom. The van der Waals surface area contributed by atoms with Crippen molar-refractivity contribution < 1.29 is 4.79 Å². The number of hydrogen-bond donors (Lipinski definition) is 3. The van der Waals surface area contributed by atoms with Crippen molar-refractivity contribution in [3.63, 3.8) is 0 Å². The quantitative estimate of drug-likeness (QED) is 0.692. The number of fused-ring (bicyclic) bond motifs is 1. The van der Waals surface area contributed by atoms with Crippen molar-refractivity contribution in [3.8, 4) is 0 Å². The lowest BCUT2D eigenvalue weighted by Crippen LogP contribution is -2.34. The van der Waals surface area contributed by atoms with Crippen LogP contribution in [0, 0.1) is 0 Å². The molecule has 3 aromatic rings. The van der Waals surface area contributed by atoms with E-state index in [0.717, 1.165) is 22.2 Å². The minimum absolute atomic E-state index is 0.238. The predicted octanol–water partition coefficient (Wildman–Crippen LogP) is 3.22. The van der Waals surface area contributed by atoms with Gasteiger partial charge < -0.3 is 15.6 Å². The molecule has 0 aliphatic rings. The molecule has 3 rings (SSSR count). The summed E-state index contributed by atoms with van der Waals surface area (Å²) in [6.45, 7) is 0.820. The Morgan fingerprint density at radius 3 is 2.68 bits per heavy atom. The summed E-state index contributed by atoms with van der Waals surface area (Å²) in [7, 11) is 0. The largest absolute Gasteiger partial charge is 0.346 e. The molecule has 0 aliphatic heterocycles. The van der Waals surface area contributed by atoms with Crippen LogP contribution in [0.15, 0.2) is 48.8 Å². The second-order valence-electron chi connectivity index (χ2n) is 4.84. The Labute approximate surface area is 132 Å². The number of carbonyl (C=O) groups is 1. The van der Waals surface area contributed by atoms with Crippen molar-refractivity contribution in [2.24, 2.45) is 0 Å². The summed E-state index contributed by atoms with van der Waals surface area (Å²) in [5.41, 5.74) is 2.70. The first kappa shape index (κ1) is 14.4. The Hall–Kier alpha value is -2.53. The summed E-state index contributed by atoms with van der Waals surface area (Å²) in [6, 6.07) is 11.0. The van der Waals surface area contributed by atoms with Gasteiger partial charge in [-0.15, -0.1) is 0 Å². The number of nitrogens with one attached hydrogen (secondary N) is 3. The summed E-state index contributed by atoms with van der Waals surface area (Å²) in [6.07, 6.45) is 3.58. The predicted molar refractivity (Wildman–Crippen MR) is 86.6 cm³/mol. The van der Waals surface area contributed by atoms with Crippen molar-refractivity contribution >= 4 is 28.7 Å². The first-order valence-electron chi connectivity index (χ1n) is 6.90. The molecule has 6 heteroatoms. The molecule has 0 spiro atoms. The first-order chi connectivity index (χ1) is 10.7. The summed E-state index contributed by atoms with van der Waals surface area (Å²) < 4.78 is 0. The Kier molecular flexibility index (Phi) is 4.25. The maximum Gasteiger partial charge on any atom is 0.315 e. The summed E-state index contributed by atoms with van der Waals surface area (Å²) in [4.78, 5) is 19.2. The van der Waals surface area contributed by atoms with Crippen molar-refractivity contribution in [1.29, 1.82) is 0 Å². The van der Waals surface area contributed by atoms with E-state index in [1.54, 1.807) is 12.3 Å². The van der Waals surface area contributed by atoms with Crippen molar-refractivity contribution in [2.45, 2.75) is 13.1 Å². The minimum Gasteiger partial charge on any atom is -0.346 e. The molecule has 1 aromatic carbocycles. The molecule has 2 amide bonds. The van der Waals surface area contributed by atoms with Crippen LogP contribution in [-0.2, 0) is 13.1 Å². The van der Waals surface area contributed by atoms with Crippen LogP contribution in [-0.4, -0.2) is 16.0 Å². The van der Waals surface area contributed by atoms with Gasteiger partial charge in [0.15, 0.2) is 0 Å². The number of carbonyl (C=O) groups excluding carboxylic acids is 1. The van der Waals surface area contributed by atoms with Crippen LogP contribution in [0.3, 0.4) is 0 Å². The minimum atomic E-state index is -0.238. The monoisotopic (exact) mass is 314 g/mol. The molecule has 2 aromatic heterocycles. The number of rotatable bonds is 4. The average Bonchev–Trinajstić information content (AvgIpc) is 2.95. The fourth-order valence-corrected chi connectivity index (χ4v) is 2.42. The van der Waals surface area contributed by atoms with Crippen molar-refractivity contribution in [3.05, 3.63) is 64.9 Å². The van der Waals surface area contributed by atoms with E-state index in [4.69, 9.17) is 11.6 Å². The zero-order chi connectivity index (χ0) is 15.4. The van der Waals surface area contributed by atoms with E-state index in [9.17, 15) is 4.79 Å². The summed E-state index contributed by atoms with van der Waals surface area (Å²) >= 11 is 6.05. The lowest BCUT2D eigenvalue weighted by Gasteiger charge is -2.08. The highest BCUT2D eigenvalue weighted by Crippen LogP contribution is 2.15. The van der Waals surface area contributed by atoms with E-state index < -0.39 is 0 Å². The molecule has 0 aliphatic carbocycles. The number of hydrogen-bond acceptors (Lipinski definition) is 2. The zero-order valence-electron chi connectivity index (χ0n) is 11.8. The third kappa shape index (κ3) is 3.20. The zero-order valence-corrected chi connectivity index (χ0v) is 12.5. The number of amides is 2. The van der Waals surface area contributed by atoms with Gasteiger partial charge in [0.05, 0.1) is 0 Å². The standard InChI is InChI=1S/C16H15ClN4O/c17-14-6-2-1-4-11(14)8-20-16(22)21-10-12-9-19-15-13(12)5-3-7-18-15/h1-7,9H,8,10H2,(H,18,19)(H2,20,21,22). The number of urea groups is 1. The van der Waals surface area contributed by atoms with Gasteiger partial charge in [-0.2, -0.15) is 0 Å². The first-order valence-corrected chi connectivity index (χ1v) is 7.28. The highest BCUT2D eigenvalue weighted by molar-refractivity contribution is 6.31. The summed E-state index contributed by atoms with van der Waals surface area (Å²) in [5, 5.41) is 7.27. The van der Waals surface area contributed by atoms with E-state index in [-0.39, 0.29) is 6.03 Å². The van der Waals surface area contributed by atoms with Crippen LogP contribution in [0.5, 0.6) is 0 Å². The summed E-state index contributed by atoms with van der Waals surface area (Å²) in [5.74, 6) is 0. The highest BCUT2D eigenvalue weighted by Gasteiger charge is 2.06. The fourth-order valence-electron chi connectivity index (χ4n) is 2.21. The van der Waals surface area contributed by atoms with Gasteiger partial charge in [0, 0.05) is 35.9 Å². The highest BCUT2D eigenvalue weighted by atomic mass is 35.5. The van der Waals surface area contributed by atoms with Crippen LogP contribution in [0.25, 0.3) is 11.0 Å². The fraction of sp³-hybridized carbons (Fsp3) is 0.125. The van der Waals surface area contributed by atoms with Crippen LogP contribution in [0.4, 0.5) is 4.79 Å². The molecule has 0 bridgehead atoms. The topological polar surface area (TPSA) is 69.8 Å². The maximum absolute atomic E-state index is 11.9. The molecular formula is C16H15ClN4O. The molecule has 0 fully saturated rings. The smallest absolute Gasteiger partial charge is 0.315 e. The van der Waals surface area contributed by atoms with Crippen LogP contribution >= 0.6 is 11.6 Å². The van der Waals surface area contributed by atoms with Crippen LogP contribution < -0.4 is 10.6 Å². The van der Waals surface area contributed by atoms with E-state index in [2.05, 4.69) is 20.6 Å². The number of H-pyrrole nitrogens is 1. The molecule has 5 nitrogen and oxygen atoms in total. The van der Waals surface area contributed by atoms with Gasteiger partial charge in [-0.1, -0.05) is 29.8 Å². The number of nitrogens with zero attached hydrogens (tertiary/aromatic N) is 1. The molecule has 22 heavy (non-hydrogen) atoms. The van der Waals surface area contributed by atoms with Crippen molar-refractivity contribution in [1.82, 2.24) is 20.6 Å². The third-order valence-corrected chi connectivity index (χ3v) is 3.74. The van der Waals surface area contributed by atoms with Gasteiger partial charge in [-0.05, 0) is 29.3 Å². The van der Waals surface area contributed by atoms with Gasteiger partial charge in [0.25, 0.3) is 0 Å². The molecule has 0 saturated carbocycles. The Morgan fingerprint density at radius 2 is 1.86 bits per heavy atom. The van der Waals surface area contributed by atoms with Crippen LogP contribution in [0.2, 0.25) is 5.02 Å². The van der Waals surface area contributed by atoms with E-state index >= 15 is 0 Å². The van der Waals surface area contributed by atoms with Gasteiger partial charge >= 0.3 is 6.03 Å².